The molecule has 0 spiro atoms. The average molecular weight is 337 g/mol. The second-order valence-electron chi connectivity index (χ2n) is 4.43. The van der Waals surface area contributed by atoms with Crippen LogP contribution in [0.25, 0.3) is 6.08 Å². The molecule has 0 atom stereocenters. The molecule has 0 aliphatic carbocycles. The monoisotopic (exact) mass is 336 g/mol. The maximum Gasteiger partial charge on any atom is 0.187 e. The van der Waals surface area contributed by atoms with Gasteiger partial charge in [-0.2, -0.15) is 0 Å². The molecule has 0 N–H and O–H groups in total. The number of ketones is 1. The van der Waals surface area contributed by atoms with Crippen molar-refractivity contribution in [3.05, 3.63) is 63.6 Å². The van der Waals surface area contributed by atoms with Crippen LogP contribution >= 0.6 is 23.2 Å². The van der Waals surface area contributed by atoms with Gasteiger partial charge in [0.05, 0.1) is 19.2 Å². The minimum absolute atomic E-state index is 0.239. The lowest BCUT2D eigenvalue weighted by molar-refractivity contribution is 0.104. The van der Waals surface area contributed by atoms with Crippen molar-refractivity contribution in [1.82, 2.24) is 0 Å². The van der Waals surface area contributed by atoms with Crippen LogP contribution in [0, 0.1) is 0 Å². The van der Waals surface area contributed by atoms with Gasteiger partial charge in [0.2, 0.25) is 0 Å². The summed E-state index contributed by atoms with van der Waals surface area (Å²) in [6, 6.07) is 10.1. The predicted octanol–water partition coefficient (Wildman–Crippen LogP) is 4.91. The second-order valence-corrected chi connectivity index (χ2v) is 5.27. The topological polar surface area (TPSA) is 35.5 Å². The number of hydrogen-bond acceptors (Lipinski definition) is 3. The predicted molar refractivity (Wildman–Crippen MR) is 89.4 cm³/mol. The van der Waals surface area contributed by atoms with E-state index in [0.717, 1.165) is 5.56 Å². The maximum atomic E-state index is 12.2. The van der Waals surface area contributed by atoms with Crippen molar-refractivity contribution in [3.8, 4) is 11.5 Å². The standard InChI is InChI=1S/C17H14Cl2O3/c1-21-13-5-8-17(22-2)11(9-13)3-7-16(20)14-10-12(18)4-6-15(14)19/h3-10H,1-2H3/b7-3+. The normalized spacial score (nSPS) is 10.7. The fourth-order valence-corrected chi connectivity index (χ4v) is 2.29. The van der Waals surface area contributed by atoms with Gasteiger partial charge in [-0.25, -0.2) is 0 Å². The smallest absolute Gasteiger partial charge is 0.187 e. The van der Waals surface area contributed by atoms with Crippen LogP contribution < -0.4 is 9.47 Å². The Morgan fingerprint density at radius 3 is 2.50 bits per heavy atom. The van der Waals surface area contributed by atoms with E-state index < -0.39 is 0 Å². The van der Waals surface area contributed by atoms with E-state index in [4.69, 9.17) is 32.7 Å². The summed E-state index contributed by atoms with van der Waals surface area (Å²) in [6.07, 6.45) is 3.08. The molecular formula is C17H14Cl2O3. The van der Waals surface area contributed by atoms with Crippen LogP contribution in [0.3, 0.4) is 0 Å². The summed E-state index contributed by atoms with van der Waals surface area (Å²) in [5.74, 6) is 1.08. The summed E-state index contributed by atoms with van der Waals surface area (Å²) in [7, 11) is 3.14. The summed E-state index contributed by atoms with van der Waals surface area (Å²) in [5, 5.41) is 0.816. The van der Waals surface area contributed by atoms with E-state index in [1.807, 2.05) is 0 Å². The third kappa shape index (κ3) is 3.81. The van der Waals surface area contributed by atoms with Gasteiger partial charge < -0.3 is 9.47 Å². The number of benzene rings is 2. The third-order valence-electron chi connectivity index (χ3n) is 3.05. The molecule has 3 nitrogen and oxygen atoms in total. The number of carbonyl (C=O) groups is 1. The number of carbonyl (C=O) groups excluding carboxylic acids is 1. The molecule has 0 aliphatic rings. The first kappa shape index (κ1) is 16.4. The van der Waals surface area contributed by atoms with Crippen molar-refractivity contribution in [3.63, 3.8) is 0 Å². The van der Waals surface area contributed by atoms with E-state index >= 15 is 0 Å². The molecule has 5 heteroatoms. The molecule has 0 fully saturated rings. The number of rotatable bonds is 5. The molecule has 0 heterocycles. The largest absolute Gasteiger partial charge is 0.497 e. The van der Waals surface area contributed by atoms with Crippen LogP contribution in [0.1, 0.15) is 15.9 Å². The first-order valence-corrected chi connectivity index (χ1v) is 7.20. The molecule has 2 rings (SSSR count). The van der Waals surface area contributed by atoms with Gasteiger partial charge in [-0.1, -0.05) is 23.2 Å². The Morgan fingerprint density at radius 1 is 1.05 bits per heavy atom. The summed E-state index contributed by atoms with van der Waals surface area (Å²) in [5.41, 5.74) is 1.08. The molecule has 114 valence electrons. The first-order chi connectivity index (χ1) is 10.5. The lowest BCUT2D eigenvalue weighted by atomic mass is 10.1. The molecule has 2 aromatic carbocycles. The van der Waals surface area contributed by atoms with Crippen molar-refractivity contribution in [1.29, 1.82) is 0 Å². The van der Waals surface area contributed by atoms with Crippen molar-refractivity contribution >= 4 is 35.1 Å². The zero-order valence-corrected chi connectivity index (χ0v) is 13.6. The third-order valence-corrected chi connectivity index (χ3v) is 3.61. The minimum Gasteiger partial charge on any atom is -0.497 e. The number of halogens is 2. The van der Waals surface area contributed by atoms with Gasteiger partial charge in [0.15, 0.2) is 5.78 Å². The zero-order chi connectivity index (χ0) is 16.1. The molecule has 0 saturated heterocycles. The molecule has 0 radical (unpaired) electrons. The fraction of sp³-hybridized carbons (Fsp3) is 0.118. The Labute approximate surface area is 139 Å². The zero-order valence-electron chi connectivity index (χ0n) is 12.1. The van der Waals surface area contributed by atoms with E-state index in [0.29, 0.717) is 27.1 Å². The quantitative estimate of drug-likeness (QED) is 0.575. The van der Waals surface area contributed by atoms with Gasteiger partial charge in [-0.15, -0.1) is 0 Å². The highest BCUT2D eigenvalue weighted by atomic mass is 35.5. The molecule has 0 bridgehead atoms. The van der Waals surface area contributed by atoms with Crippen LogP contribution in [0.5, 0.6) is 11.5 Å². The molecule has 0 aromatic heterocycles. The highest BCUT2D eigenvalue weighted by Crippen LogP contribution is 2.26. The molecule has 22 heavy (non-hydrogen) atoms. The lowest BCUT2D eigenvalue weighted by Crippen LogP contribution is -1.96. The Morgan fingerprint density at radius 2 is 1.82 bits per heavy atom. The van der Waals surface area contributed by atoms with E-state index in [1.165, 1.54) is 6.08 Å². The van der Waals surface area contributed by atoms with Crippen molar-refractivity contribution < 1.29 is 14.3 Å². The van der Waals surface area contributed by atoms with Crippen molar-refractivity contribution in [2.45, 2.75) is 0 Å². The maximum absolute atomic E-state index is 12.2. The van der Waals surface area contributed by atoms with Gasteiger partial charge in [0.1, 0.15) is 11.5 Å². The molecular weight excluding hydrogens is 323 g/mol. The summed E-state index contributed by atoms with van der Waals surface area (Å²) < 4.78 is 10.4. The Kier molecular flexibility index (Phi) is 5.47. The number of methoxy groups -OCH3 is 2. The van der Waals surface area contributed by atoms with E-state index in [2.05, 4.69) is 0 Å². The summed E-state index contributed by atoms with van der Waals surface area (Å²) >= 11 is 11.9. The van der Waals surface area contributed by atoms with Gasteiger partial charge in [0, 0.05) is 16.1 Å². The number of allylic oxidation sites excluding steroid dienone is 1. The Hall–Kier alpha value is -1.97. The van der Waals surface area contributed by atoms with Gasteiger partial charge in [-0.05, 0) is 48.6 Å². The number of hydrogen-bond donors (Lipinski definition) is 0. The first-order valence-electron chi connectivity index (χ1n) is 6.44. The minimum atomic E-state index is -0.239. The lowest BCUT2D eigenvalue weighted by Gasteiger charge is -2.07. The van der Waals surface area contributed by atoms with Crippen LogP contribution in [-0.2, 0) is 0 Å². The van der Waals surface area contributed by atoms with E-state index in [-0.39, 0.29) is 5.78 Å². The number of ether oxygens (including phenoxy) is 2. The van der Waals surface area contributed by atoms with Crippen LogP contribution in [0.4, 0.5) is 0 Å². The molecule has 0 amide bonds. The molecule has 2 aromatic rings. The van der Waals surface area contributed by atoms with Crippen molar-refractivity contribution in [2.75, 3.05) is 14.2 Å². The van der Waals surface area contributed by atoms with Crippen LogP contribution in [0.2, 0.25) is 10.0 Å². The van der Waals surface area contributed by atoms with Gasteiger partial charge in [-0.3, -0.25) is 4.79 Å². The Bertz CT molecular complexity index is 724. The summed E-state index contributed by atoms with van der Waals surface area (Å²) in [6.45, 7) is 0. The summed E-state index contributed by atoms with van der Waals surface area (Å²) in [4.78, 5) is 12.2. The van der Waals surface area contributed by atoms with Gasteiger partial charge >= 0.3 is 0 Å². The Balaban J connectivity index is 2.31. The van der Waals surface area contributed by atoms with Crippen LogP contribution in [-0.4, -0.2) is 20.0 Å². The molecule has 0 saturated carbocycles. The van der Waals surface area contributed by atoms with E-state index in [9.17, 15) is 4.79 Å². The SMILES string of the molecule is COc1ccc(OC)c(/C=C/C(=O)c2cc(Cl)ccc2Cl)c1. The fourth-order valence-electron chi connectivity index (χ4n) is 1.91. The van der Waals surface area contributed by atoms with Crippen LogP contribution in [0.15, 0.2) is 42.5 Å². The molecule has 0 unspecified atom stereocenters. The average Bonchev–Trinajstić information content (AvgIpc) is 2.54. The van der Waals surface area contributed by atoms with E-state index in [1.54, 1.807) is 56.7 Å². The van der Waals surface area contributed by atoms with Crippen molar-refractivity contribution in [2.24, 2.45) is 0 Å². The second kappa shape index (κ2) is 7.34. The highest BCUT2D eigenvalue weighted by Gasteiger charge is 2.09. The highest BCUT2D eigenvalue weighted by molar-refractivity contribution is 6.36. The van der Waals surface area contributed by atoms with Gasteiger partial charge in [0.25, 0.3) is 0 Å². The molecule has 0 aliphatic heterocycles.